The molecule has 2 heterocycles. The minimum Gasteiger partial charge on any atom is -0.493 e. The Morgan fingerprint density at radius 2 is 2.07 bits per heavy atom. The lowest BCUT2D eigenvalue weighted by Crippen LogP contribution is -2.37. The number of benzene rings is 1. The molecule has 0 saturated carbocycles. The van der Waals surface area contributed by atoms with Gasteiger partial charge in [-0.2, -0.15) is 0 Å². The fourth-order valence-corrected chi connectivity index (χ4v) is 4.03. The molecule has 29 heavy (non-hydrogen) atoms. The molecule has 7 nitrogen and oxygen atoms in total. The number of anilines is 1. The average Bonchev–Trinajstić information content (AvgIpc) is 2.75. The zero-order valence-corrected chi connectivity index (χ0v) is 17.5. The third-order valence-electron chi connectivity index (χ3n) is 4.64. The number of carbonyl (C=O) groups is 2. The van der Waals surface area contributed by atoms with E-state index in [1.54, 1.807) is 25.3 Å². The summed E-state index contributed by atoms with van der Waals surface area (Å²) in [5.74, 6) is 1.79. The van der Waals surface area contributed by atoms with Crippen molar-refractivity contribution < 1.29 is 19.1 Å². The molecule has 0 saturated heterocycles. The van der Waals surface area contributed by atoms with E-state index in [4.69, 9.17) is 9.47 Å². The largest absolute Gasteiger partial charge is 0.493 e. The van der Waals surface area contributed by atoms with Crippen molar-refractivity contribution >= 4 is 29.3 Å². The van der Waals surface area contributed by atoms with Crippen molar-refractivity contribution in [2.75, 3.05) is 38.0 Å². The highest BCUT2D eigenvalue weighted by atomic mass is 32.2. The quantitative estimate of drug-likeness (QED) is 0.678. The SMILES string of the molecule is COc1ccc(CCNC(=O)CCCN2C(=O)CSc3ncccc32)cc1OC. The predicted octanol–water partition coefficient (Wildman–Crippen LogP) is 2.68. The molecule has 0 unspecified atom stereocenters. The summed E-state index contributed by atoms with van der Waals surface area (Å²) in [6.07, 6.45) is 3.41. The van der Waals surface area contributed by atoms with Crippen molar-refractivity contribution in [2.45, 2.75) is 24.3 Å². The predicted molar refractivity (Wildman–Crippen MR) is 113 cm³/mol. The van der Waals surface area contributed by atoms with Crippen LogP contribution in [0.25, 0.3) is 0 Å². The van der Waals surface area contributed by atoms with E-state index in [0.29, 0.717) is 49.6 Å². The molecule has 0 spiro atoms. The Morgan fingerprint density at radius 3 is 2.86 bits per heavy atom. The third kappa shape index (κ3) is 5.41. The van der Waals surface area contributed by atoms with Gasteiger partial charge in [-0.15, -0.1) is 0 Å². The monoisotopic (exact) mass is 415 g/mol. The highest BCUT2D eigenvalue weighted by Crippen LogP contribution is 2.33. The van der Waals surface area contributed by atoms with E-state index in [9.17, 15) is 9.59 Å². The normalized spacial score (nSPS) is 13.0. The van der Waals surface area contributed by atoms with Crippen molar-refractivity contribution in [3.8, 4) is 11.5 Å². The highest BCUT2D eigenvalue weighted by Gasteiger charge is 2.25. The van der Waals surface area contributed by atoms with Crippen LogP contribution >= 0.6 is 11.8 Å². The molecule has 0 atom stereocenters. The van der Waals surface area contributed by atoms with Crippen LogP contribution < -0.4 is 19.7 Å². The molecule has 1 aromatic carbocycles. The molecule has 154 valence electrons. The number of ether oxygens (including phenoxy) is 2. The van der Waals surface area contributed by atoms with E-state index in [1.807, 2.05) is 30.3 Å². The number of aromatic nitrogens is 1. The summed E-state index contributed by atoms with van der Waals surface area (Å²) in [5.41, 5.74) is 1.89. The van der Waals surface area contributed by atoms with Crippen LogP contribution in [0.1, 0.15) is 18.4 Å². The molecule has 0 fully saturated rings. The van der Waals surface area contributed by atoms with E-state index in [-0.39, 0.29) is 11.8 Å². The van der Waals surface area contributed by atoms with Gasteiger partial charge in [0.2, 0.25) is 11.8 Å². The summed E-state index contributed by atoms with van der Waals surface area (Å²) in [6.45, 7) is 1.06. The third-order valence-corrected chi connectivity index (χ3v) is 5.62. The van der Waals surface area contributed by atoms with Crippen molar-refractivity contribution in [1.82, 2.24) is 10.3 Å². The van der Waals surface area contributed by atoms with Gasteiger partial charge in [0.15, 0.2) is 11.5 Å². The maximum atomic E-state index is 12.2. The molecule has 0 aliphatic carbocycles. The molecule has 2 aromatic rings. The number of methoxy groups -OCH3 is 2. The Labute approximate surface area is 174 Å². The van der Waals surface area contributed by atoms with Gasteiger partial charge >= 0.3 is 0 Å². The van der Waals surface area contributed by atoms with Gasteiger partial charge in [-0.3, -0.25) is 9.59 Å². The Morgan fingerprint density at radius 1 is 1.24 bits per heavy atom. The van der Waals surface area contributed by atoms with Crippen molar-refractivity contribution in [2.24, 2.45) is 0 Å². The Kier molecular flexibility index (Phi) is 7.35. The molecular weight excluding hydrogens is 390 g/mol. The van der Waals surface area contributed by atoms with Crippen LogP contribution in [0.4, 0.5) is 5.69 Å². The van der Waals surface area contributed by atoms with E-state index in [1.165, 1.54) is 11.8 Å². The number of amides is 2. The number of pyridine rings is 1. The summed E-state index contributed by atoms with van der Waals surface area (Å²) in [7, 11) is 3.20. The minimum absolute atomic E-state index is 0.0179. The number of carbonyl (C=O) groups excluding carboxylic acids is 2. The first-order valence-corrected chi connectivity index (χ1v) is 10.5. The maximum absolute atomic E-state index is 12.2. The van der Waals surface area contributed by atoms with Gasteiger partial charge in [0.25, 0.3) is 0 Å². The van der Waals surface area contributed by atoms with Crippen LogP contribution in [0, 0.1) is 0 Å². The first-order valence-electron chi connectivity index (χ1n) is 9.48. The van der Waals surface area contributed by atoms with Crippen LogP contribution in [0.15, 0.2) is 41.6 Å². The second-order valence-corrected chi connectivity index (χ2v) is 7.52. The first-order chi connectivity index (χ1) is 14.1. The van der Waals surface area contributed by atoms with Crippen LogP contribution in [0.5, 0.6) is 11.5 Å². The van der Waals surface area contributed by atoms with Crippen molar-refractivity contribution in [3.05, 3.63) is 42.1 Å². The van der Waals surface area contributed by atoms with Gasteiger partial charge in [-0.25, -0.2) is 4.98 Å². The van der Waals surface area contributed by atoms with E-state index >= 15 is 0 Å². The first kappa shape index (κ1) is 21.0. The number of fused-ring (bicyclic) bond motifs is 1. The Hall–Kier alpha value is -2.74. The van der Waals surface area contributed by atoms with Gasteiger partial charge < -0.3 is 19.7 Å². The standard InChI is InChI=1S/C21H25N3O4S/c1-27-17-8-7-15(13-18(17)28-2)9-11-22-19(25)6-4-12-24-16-5-3-10-23-21(16)29-14-20(24)26/h3,5,7-8,10,13H,4,6,9,11-12,14H2,1-2H3,(H,22,25). The number of hydrogen-bond acceptors (Lipinski definition) is 6. The van der Waals surface area contributed by atoms with Gasteiger partial charge in [0.1, 0.15) is 5.03 Å². The summed E-state index contributed by atoms with van der Waals surface area (Å²) >= 11 is 1.46. The molecular formula is C21H25N3O4S. The van der Waals surface area contributed by atoms with Crippen molar-refractivity contribution in [3.63, 3.8) is 0 Å². The van der Waals surface area contributed by atoms with Gasteiger partial charge in [-0.05, 0) is 42.7 Å². The summed E-state index contributed by atoms with van der Waals surface area (Å²) in [6, 6.07) is 9.45. The van der Waals surface area contributed by atoms with E-state index in [2.05, 4.69) is 10.3 Å². The fourth-order valence-electron chi connectivity index (χ4n) is 3.15. The van der Waals surface area contributed by atoms with Crippen LogP contribution in [0.2, 0.25) is 0 Å². The molecule has 1 N–H and O–H groups in total. The van der Waals surface area contributed by atoms with Crippen LogP contribution in [0.3, 0.4) is 0 Å². The molecule has 0 radical (unpaired) electrons. The number of nitrogens with one attached hydrogen (secondary N) is 1. The van der Waals surface area contributed by atoms with Crippen molar-refractivity contribution in [1.29, 1.82) is 0 Å². The average molecular weight is 416 g/mol. The van der Waals surface area contributed by atoms with E-state index < -0.39 is 0 Å². The number of nitrogens with zero attached hydrogens (tertiary/aromatic N) is 2. The zero-order valence-electron chi connectivity index (χ0n) is 16.6. The molecule has 1 aliphatic rings. The Bertz CT molecular complexity index is 875. The molecule has 1 aromatic heterocycles. The minimum atomic E-state index is -0.0179. The lowest BCUT2D eigenvalue weighted by Gasteiger charge is -2.27. The Balaban J connectivity index is 1.42. The number of rotatable bonds is 9. The van der Waals surface area contributed by atoms with Crippen LogP contribution in [-0.4, -0.2) is 49.9 Å². The molecule has 1 aliphatic heterocycles. The van der Waals surface area contributed by atoms with E-state index in [0.717, 1.165) is 16.3 Å². The van der Waals surface area contributed by atoms with Gasteiger partial charge in [0, 0.05) is 25.7 Å². The maximum Gasteiger partial charge on any atom is 0.237 e. The highest BCUT2D eigenvalue weighted by molar-refractivity contribution is 8.00. The van der Waals surface area contributed by atoms with Crippen LogP contribution in [-0.2, 0) is 16.0 Å². The van der Waals surface area contributed by atoms with Gasteiger partial charge in [0.05, 0.1) is 25.7 Å². The lowest BCUT2D eigenvalue weighted by atomic mass is 10.1. The fraction of sp³-hybridized carbons (Fsp3) is 0.381. The molecule has 2 amide bonds. The number of thioether (sulfide) groups is 1. The molecule has 8 heteroatoms. The van der Waals surface area contributed by atoms with Gasteiger partial charge in [-0.1, -0.05) is 17.8 Å². The summed E-state index contributed by atoms with van der Waals surface area (Å²) in [4.78, 5) is 30.4. The topological polar surface area (TPSA) is 80.8 Å². The molecule has 0 bridgehead atoms. The number of hydrogen-bond donors (Lipinski definition) is 1. The second kappa shape index (κ2) is 10.2. The zero-order chi connectivity index (χ0) is 20.6. The molecule has 3 rings (SSSR count). The summed E-state index contributed by atoms with van der Waals surface area (Å²) in [5, 5.41) is 3.80. The summed E-state index contributed by atoms with van der Waals surface area (Å²) < 4.78 is 10.5. The smallest absolute Gasteiger partial charge is 0.237 e. The second-order valence-electron chi connectivity index (χ2n) is 6.55. The lowest BCUT2D eigenvalue weighted by molar-refractivity contribution is -0.121.